The zero-order chi connectivity index (χ0) is 12.9. The second-order valence-corrected chi connectivity index (χ2v) is 5.21. The van der Waals surface area contributed by atoms with Gasteiger partial charge >= 0.3 is 0 Å². The van der Waals surface area contributed by atoms with Crippen molar-refractivity contribution >= 4 is 49.6 Å². The molecule has 0 radical (unpaired) electrons. The van der Waals surface area contributed by atoms with Crippen LogP contribution in [0.15, 0.2) is 40.9 Å². The SMILES string of the molecule is O=[n+]1c2ccc(Cl)cc2n([O-])c2ccc(Br)cc21. The number of benzene rings is 2. The first kappa shape index (κ1) is 11.5. The van der Waals surface area contributed by atoms with Crippen molar-refractivity contribution in [2.45, 2.75) is 0 Å². The van der Waals surface area contributed by atoms with Gasteiger partial charge in [0, 0.05) is 26.5 Å². The fourth-order valence-corrected chi connectivity index (χ4v) is 2.44. The van der Waals surface area contributed by atoms with Crippen LogP contribution < -0.4 is 4.43 Å². The Hall–Kier alpha value is -1.59. The molecule has 0 spiro atoms. The Morgan fingerprint density at radius 2 is 1.89 bits per heavy atom. The van der Waals surface area contributed by atoms with Crippen molar-refractivity contribution in [1.82, 2.24) is 4.73 Å². The molecule has 3 rings (SSSR count). The maximum Gasteiger partial charge on any atom is 0.287 e. The smallest absolute Gasteiger partial charge is 0.287 e. The Balaban J connectivity index is 2.65. The molecule has 0 unspecified atom stereocenters. The number of halogens is 2. The quantitative estimate of drug-likeness (QED) is 0.469. The fraction of sp³-hybridized carbons (Fsp3) is 0. The lowest BCUT2D eigenvalue weighted by molar-refractivity contribution is -0.432. The normalized spacial score (nSPS) is 11.2. The van der Waals surface area contributed by atoms with Gasteiger partial charge in [-0.3, -0.25) is 0 Å². The van der Waals surface area contributed by atoms with Gasteiger partial charge in [0.05, 0.1) is 4.43 Å². The van der Waals surface area contributed by atoms with E-state index >= 15 is 0 Å². The van der Waals surface area contributed by atoms with Crippen molar-refractivity contribution in [3.8, 4) is 0 Å². The third-order valence-electron chi connectivity index (χ3n) is 2.75. The monoisotopic (exact) mass is 324 g/mol. The molecule has 0 amide bonds. The predicted molar refractivity (Wildman–Crippen MR) is 74.3 cm³/mol. The molecule has 0 N–H and O–H groups in total. The van der Waals surface area contributed by atoms with E-state index in [0.717, 1.165) is 13.6 Å². The summed E-state index contributed by atoms with van der Waals surface area (Å²) in [5.74, 6) is 0. The van der Waals surface area contributed by atoms with Crippen LogP contribution in [0.4, 0.5) is 0 Å². The molecule has 0 aliphatic carbocycles. The van der Waals surface area contributed by atoms with Gasteiger partial charge in [-0.1, -0.05) is 27.5 Å². The number of rotatable bonds is 0. The zero-order valence-corrected chi connectivity index (χ0v) is 11.3. The molecule has 1 heterocycles. The highest BCUT2D eigenvalue weighted by Gasteiger charge is 2.15. The maximum absolute atomic E-state index is 12.2. The van der Waals surface area contributed by atoms with Gasteiger partial charge in [-0.05, 0) is 24.3 Å². The highest BCUT2D eigenvalue weighted by Crippen LogP contribution is 2.22. The lowest BCUT2D eigenvalue weighted by Crippen LogP contribution is -2.19. The summed E-state index contributed by atoms with van der Waals surface area (Å²) in [6.45, 7) is 0. The maximum atomic E-state index is 12.2. The first-order valence-electron chi connectivity index (χ1n) is 5.11. The van der Waals surface area contributed by atoms with Crippen LogP contribution in [0, 0.1) is 10.1 Å². The molecule has 0 aliphatic rings. The lowest BCUT2D eigenvalue weighted by atomic mass is 10.2. The predicted octanol–water partition coefficient (Wildman–Crippen LogP) is 3.47. The summed E-state index contributed by atoms with van der Waals surface area (Å²) in [5, 5.41) is 12.6. The number of aromatic nitrogens is 2. The van der Waals surface area contributed by atoms with Gasteiger partial charge in [0.1, 0.15) is 11.0 Å². The standard InChI is InChI=1S/C12H6BrClN2O2/c13-7-1-3-9-11(5-7)15(17)10-4-2-8(14)6-12(10)16(9)18/h1-6H. The highest BCUT2D eigenvalue weighted by atomic mass is 79.9. The zero-order valence-electron chi connectivity index (χ0n) is 8.93. The minimum Gasteiger partial charge on any atom is -0.805 e. The van der Waals surface area contributed by atoms with Crippen LogP contribution in [0.25, 0.3) is 22.1 Å². The first-order chi connectivity index (χ1) is 8.58. The molecular formula is C12H6BrClN2O2. The van der Waals surface area contributed by atoms with E-state index in [4.69, 9.17) is 11.6 Å². The average Bonchev–Trinajstić information content (AvgIpc) is 2.36. The molecule has 0 fully saturated rings. The molecule has 0 saturated heterocycles. The second kappa shape index (κ2) is 3.96. The number of hydrogen-bond donors (Lipinski definition) is 0. The van der Waals surface area contributed by atoms with E-state index in [1.54, 1.807) is 30.3 Å². The molecule has 0 bridgehead atoms. The molecule has 0 atom stereocenters. The summed E-state index contributed by atoms with van der Waals surface area (Å²) in [4.78, 5) is 12.2. The summed E-state index contributed by atoms with van der Waals surface area (Å²) in [6, 6.07) is 9.54. The van der Waals surface area contributed by atoms with Gasteiger partial charge in [-0.2, -0.15) is 0 Å². The van der Waals surface area contributed by atoms with Gasteiger partial charge in [-0.25, -0.2) is 0 Å². The van der Waals surface area contributed by atoms with E-state index in [0.29, 0.717) is 21.6 Å². The first-order valence-corrected chi connectivity index (χ1v) is 6.28. The average molecular weight is 326 g/mol. The summed E-state index contributed by atoms with van der Waals surface area (Å²) >= 11 is 9.13. The van der Waals surface area contributed by atoms with Crippen molar-refractivity contribution in [2.75, 3.05) is 0 Å². The molecule has 18 heavy (non-hydrogen) atoms. The van der Waals surface area contributed by atoms with Crippen molar-refractivity contribution < 1.29 is 4.43 Å². The minimum atomic E-state index is 0.257. The molecule has 0 saturated carbocycles. The summed E-state index contributed by atoms with van der Waals surface area (Å²) in [7, 11) is 0. The van der Waals surface area contributed by atoms with Crippen molar-refractivity contribution in [3.05, 3.63) is 56.0 Å². The Labute approximate surface area is 115 Å². The van der Waals surface area contributed by atoms with Gasteiger partial charge < -0.3 is 9.94 Å². The number of nitrogens with zero attached hydrogens (tertiary/aromatic N) is 2. The second-order valence-electron chi connectivity index (χ2n) is 3.85. The van der Waals surface area contributed by atoms with Crippen molar-refractivity contribution in [1.29, 1.82) is 0 Å². The minimum absolute atomic E-state index is 0.257. The lowest BCUT2D eigenvalue weighted by Gasteiger charge is -2.14. The molecular weight excluding hydrogens is 320 g/mol. The number of hydrogen-bond acceptors (Lipinski definition) is 2. The van der Waals surface area contributed by atoms with Gasteiger partial charge in [0.15, 0.2) is 0 Å². The third-order valence-corrected chi connectivity index (χ3v) is 3.48. The van der Waals surface area contributed by atoms with Crippen LogP contribution in [-0.4, -0.2) is 4.73 Å². The molecule has 0 aliphatic heterocycles. The van der Waals surface area contributed by atoms with Crippen LogP contribution >= 0.6 is 27.5 Å². The Bertz CT molecular complexity index is 845. The highest BCUT2D eigenvalue weighted by molar-refractivity contribution is 9.10. The van der Waals surface area contributed by atoms with E-state index in [1.165, 1.54) is 6.07 Å². The van der Waals surface area contributed by atoms with Crippen LogP contribution in [0.5, 0.6) is 0 Å². The van der Waals surface area contributed by atoms with Crippen molar-refractivity contribution in [3.63, 3.8) is 0 Å². The Morgan fingerprint density at radius 3 is 2.67 bits per heavy atom. The van der Waals surface area contributed by atoms with E-state index < -0.39 is 0 Å². The van der Waals surface area contributed by atoms with Gasteiger partial charge in [0.25, 0.3) is 11.0 Å². The largest absolute Gasteiger partial charge is 0.805 e. The number of fused-ring (bicyclic) bond motifs is 2. The molecule has 90 valence electrons. The van der Waals surface area contributed by atoms with E-state index in [9.17, 15) is 10.1 Å². The molecule has 4 nitrogen and oxygen atoms in total. The van der Waals surface area contributed by atoms with E-state index in [1.807, 2.05) is 0 Å². The topological polar surface area (TPSA) is 51.0 Å². The van der Waals surface area contributed by atoms with Gasteiger partial charge in [-0.15, -0.1) is 0 Å². The fourth-order valence-electron chi connectivity index (χ4n) is 1.92. The molecule has 1 aromatic heterocycles. The Kier molecular flexibility index (Phi) is 2.53. The van der Waals surface area contributed by atoms with Crippen LogP contribution in [-0.2, 0) is 0 Å². The van der Waals surface area contributed by atoms with Gasteiger partial charge in [0.2, 0.25) is 0 Å². The molecule has 3 aromatic rings. The summed E-state index contributed by atoms with van der Waals surface area (Å²) < 4.78 is 2.20. The van der Waals surface area contributed by atoms with Crippen molar-refractivity contribution in [2.24, 2.45) is 0 Å². The van der Waals surface area contributed by atoms with E-state index in [2.05, 4.69) is 15.9 Å². The molecule has 2 aromatic carbocycles. The summed E-state index contributed by atoms with van der Waals surface area (Å²) in [5.41, 5.74) is 1.17. The summed E-state index contributed by atoms with van der Waals surface area (Å²) in [6.07, 6.45) is 0. The van der Waals surface area contributed by atoms with Crippen LogP contribution in [0.2, 0.25) is 5.02 Å². The molecule has 6 heteroatoms. The Morgan fingerprint density at radius 1 is 1.11 bits per heavy atom. The van der Waals surface area contributed by atoms with Crippen LogP contribution in [0.3, 0.4) is 0 Å². The van der Waals surface area contributed by atoms with E-state index in [-0.39, 0.29) is 5.52 Å². The van der Waals surface area contributed by atoms with Crippen LogP contribution in [0.1, 0.15) is 0 Å². The third kappa shape index (κ3) is 1.59.